The Balaban J connectivity index is 1.57. The summed E-state index contributed by atoms with van der Waals surface area (Å²) in [5.74, 6) is 1.72. The van der Waals surface area contributed by atoms with Gasteiger partial charge in [-0.15, -0.1) is 0 Å². The molecule has 0 amide bonds. The Morgan fingerprint density at radius 3 is 2.52 bits per heavy atom. The van der Waals surface area contributed by atoms with Crippen LogP contribution in [0.4, 0.5) is 0 Å². The highest BCUT2D eigenvalue weighted by atomic mass is 16.5. The highest BCUT2D eigenvalue weighted by molar-refractivity contribution is 5.86. The molecule has 4 rings (SSSR count). The van der Waals surface area contributed by atoms with Gasteiger partial charge >= 0.3 is 0 Å². The molecule has 2 aromatic rings. The molecule has 1 aromatic heterocycles. The maximum absolute atomic E-state index is 6.31. The summed E-state index contributed by atoms with van der Waals surface area (Å²) in [6.07, 6.45) is 9.76. The number of ether oxygens (including phenoxy) is 1. The van der Waals surface area contributed by atoms with Gasteiger partial charge in [0.15, 0.2) is 0 Å². The summed E-state index contributed by atoms with van der Waals surface area (Å²) in [5.41, 5.74) is 7.14. The molecule has 0 bridgehead atoms. The molecule has 0 N–H and O–H groups in total. The van der Waals surface area contributed by atoms with E-state index in [4.69, 9.17) is 9.72 Å². The third-order valence-corrected chi connectivity index (χ3v) is 7.13. The quantitative estimate of drug-likeness (QED) is 0.414. The van der Waals surface area contributed by atoms with Crippen molar-refractivity contribution >= 4 is 10.9 Å². The normalized spacial score (nSPS) is 17.6. The summed E-state index contributed by atoms with van der Waals surface area (Å²) in [6, 6.07) is 4.60. The van der Waals surface area contributed by atoms with E-state index in [-0.39, 0.29) is 0 Å². The zero-order valence-electron chi connectivity index (χ0n) is 20.5. The van der Waals surface area contributed by atoms with E-state index >= 15 is 0 Å². The monoisotopic (exact) mass is 422 g/mol. The van der Waals surface area contributed by atoms with Crippen LogP contribution in [0.2, 0.25) is 0 Å². The van der Waals surface area contributed by atoms with Crippen molar-refractivity contribution in [3.8, 4) is 5.75 Å². The predicted molar refractivity (Wildman–Crippen MR) is 131 cm³/mol. The van der Waals surface area contributed by atoms with E-state index in [1.165, 1.54) is 73.0 Å². The molecule has 0 spiro atoms. The lowest BCUT2D eigenvalue weighted by Gasteiger charge is -2.22. The molecular formula is C28H42N2O. The van der Waals surface area contributed by atoms with Gasteiger partial charge in [0.05, 0.1) is 12.1 Å². The van der Waals surface area contributed by atoms with Crippen molar-refractivity contribution in [2.24, 2.45) is 5.41 Å². The smallest absolute Gasteiger partial charge is 0.124 e. The first-order valence-electron chi connectivity index (χ1n) is 12.7. The summed E-state index contributed by atoms with van der Waals surface area (Å²) < 4.78 is 6.31. The summed E-state index contributed by atoms with van der Waals surface area (Å²) in [4.78, 5) is 7.80. The number of rotatable bonds is 9. The Labute approximate surface area is 189 Å². The Hall–Kier alpha value is -1.61. The van der Waals surface area contributed by atoms with E-state index in [2.05, 4.69) is 51.7 Å². The topological polar surface area (TPSA) is 25.4 Å². The van der Waals surface area contributed by atoms with Gasteiger partial charge in [-0.05, 0) is 99.6 Å². The molecule has 0 atom stereocenters. The highest BCUT2D eigenvalue weighted by Gasteiger charge is 2.30. The molecule has 2 aliphatic rings. The van der Waals surface area contributed by atoms with Crippen molar-refractivity contribution in [1.29, 1.82) is 0 Å². The lowest BCUT2D eigenvalue weighted by molar-refractivity contribution is 0.262. The van der Waals surface area contributed by atoms with E-state index in [0.29, 0.717) is 11.3 Å². The Kier molecular flexibility index (Phi) is 6.91. The first-order valence-corrected chi connectivity index (χ1v) is 12.7. The molecule has 31 heavy (non-hydrogen) atoms. The molecule has 170 valence electrons. The second-order valence-corrected chi connectivity index (χ2v) is 11.0. The zero-order valence-corrected chi connectivity index (χ0v) is 20.5. The SMILES string of the molecule is CCc1cc2c(C)c(CCC(C)(C)C)c(C3CC3)nc2cc1OCCCN1CCCC1. The van der Waals surface area contributed by atoms with E-state index in [1.54, 1.807) is 0 Å². The molecule has 0 unspecified atom stereocenters. The molecule has 1 aliphatic carbocycles. The van der Waals surface area contributed by atoms with Gasteiger partial charge in [0.25, 0.3) is 0 Å². The number of fused-ring (bicyclic) bond motifs is 1. The van der Waals surface area contributed by atoms with Crippen molar-refractivity contribution in [2.75, 3.05) is 26.2 Å². The number of benzene rings is 1. The minimum atomic E-state index is 0.351. The predicted octanol–water partition coefficient (Wildman–Crippen LogP) is 6.83. The van der Waals surface area contributed by atoms with Crippen LogP contribution in [0.25, 0.3) is 10.9 Å². The molecule has 0 radical (unpaired) electrons. The van der Waals surface area contributed by atoms with Crippen molar-refractivity contribution in [3.63, 3.8) is 0 Å². The van der Waals surface area contributed by atoms with Gasteiger partial charge in [0.1, 0.15) is 5.75 Å². The number of aromatic nitrogens is 1. The van der Waals surface area contributed by atoms with Crippen molar-refractivity contribution in [1.82, 2.24) is 9.88 Å². The zero-order chi connectivity index (χ0) is 22.0. The summed E-state index contributed by atoms with van der Waals surface area (Å²) in [6.45, 7) is 16.1. The molecule has 1 saturated carbocycles. The van der Waals surface area contributed by atoms with Gasteiger partial charge in [-0.1, -0.05) is 27.7 Å². The van der Waals surface area contributed by atoms with Crippen LogP contribution in [-0.2, 0) is 12.8 Å². The number of aryl methyl sites for hydroxylation is 2. The average molecular weight is 423 g/mol. The number of hydrogen-bond acceptors (Lipinski definition) is 3. The van der Waals surface area contributed by atoms with Gasteiger partial charge < -0.3 is 9.64 Å². The number of nitrogens with zero attached hydrogens (tertiary/aromatic N) is 2. The number of hydrogen-bond donors (Lipinski definition) is 0. The van der Waals surface area contributed by atoms with E-state index in [0.717, 1.165) is 43.7 Å². The van der Waals surface area contributed by atoms with E-state index in [9.17, 15) is 0 Å². The van der Waals surface area contributed by atoms with Crippen LogP contribution in [0.5, 0.6) is 5.75 Å². The largest absolute Gasteiger partial charge is 0.493 e. The second-order valence-electron chi connectivity index (χ2n) is 11.0. The van der Waals surface area contributed by atoms with Crippen LogP contribution in [0.15, 0.2) is 12.1 Å². The van der Waals surface area contributed by atoms with Gasteiger partial charge in [-0.3, -0.25) is 4.98 Å². The average Bonchev–Trinajstić information content (AvgIpc) is 3.44. The third kappa shape index (κ3) is 5.61. The van der Waals surface area contributed by atoms with Gasteiger partial charge in [0, 0.05) is 29.6 Å². The van der Waals surface area contributed by atoms with Crippen LogP contribution in [-0.4, -0.2) is 36.1 Å². The maximum atomic E-state index is 6.31. The highest BCUT2D eigenvalue weighted by Crippen LogP contribution is 2.44. The molecular weight excluding hydrogens is 380 g/mol. The Bertz CT molecular complexity index is 902. The van der Waals surface area contributed by atoms with E-state index < -0.39 is 0 Å². The molecule has 1 aliphatic heterocycles. The molecule has 3 heteroatoms. The first-order chi connectivity index (χ1) is 14.9. The third-order valence-electron chi connectivity index (χ3n) is 7.13. The summed E-state index contributed by atoms with van der Waals surface area (Å²) in [7, 11) is 0. The summed E-state index contributed by atoms with van der Waals surface area (Å²) >= 11 is 0. The molecule has 2 fully saturated rings. The van der Waals surface area contributed by atoms with Crippen molar-refractivity contribution < 1.29 is 4.74 Å². The standard InChI is InChI=1S/C28H42N2O/c1-6-21-18-24-20(2)23(12-13-28(3,4)5)27(22-10-11-22)29-25(24)19-26(21)31-17-9-16-30-14-7-8-15-30/h18-19,22H,6-17H2,1-5H3. The van der Waals surface area contributed by atoms with Crippen molar-refractivity contribution in [3.05, 3.63) is 34.5 Å². The molecule has 1 aromatic carbocycles. The number of pyridine rings is 1. The van der Waals surface area contributed by atoms with Crippen LogP contribution >= 0.6 is 0 Å². The Morgan fingerprint density at radius 2 is 1.87 bits per heavy atom. The van der Waals surface area contributed by atoms with Crippen LogP contribution < -0.4 is 4.74 Å². The minimum absolute atomic E-state index is 0.351. The second kappa shape index (κ2) is 9.48. The first kappa shape index (κ1) is 22.6. The van der Waals surface area contributed by atoms with Gasteiger partial charge in [-0.25, -0.2) is 0 Å². The maximum Gasteiger partial charge on any atom is 0.124 e. The number of likely N-dealkylation sites (tertiary alicyclic amines) is 1. The van der Waals surface area contributed by atoms with Crippen LogP contribution in [0.3, 0.4) is 0 Å². The molecule has 3 nitrogen and oxygen atoms in total. The summed E-state index contributed by atoms with van der Waals surface area (Å²) in [5, 5.41) is 1.33. The minimum Gasteiger partial charge on any atom is -0.493 e. The van der Waals surface area contributed by atoms with Gasteiger partial charge in [0.2, 0.25) is 0 Å². The lowest BCUT2D eigenvalue weighted by atomic mass is 9.86. The van der Waals surface area contributed by atoms with Crippen LogP contribution in [0, 0.1) is 12.3 Å². The van der Waals surface area contributed by atoms with E-state index in [1.807, 2.05) is 0 Å². The lowest BCUT2D eigenvalue weighted by Crippen LogP contribution is -2.22. The fourth-order valence-corrected chi connectivity index (χ4v) is 4.96. The fraction of sp³-hybridized carbons (Fsp3) is 0.679. The van der Waals surface area contributed by atoms with Gasteiger partial charge in [-0.2, -0.15) is 0 Å². The Morgan fingerprint density at radius 1 is 1.13 bits per heavy atom. The van der Waals surface area contributed by atoms with Crippen LogP contribution in [0.1, 0.15) is 94.5 Å². The van der Waals surface area contributed by atoms with Crippen molar-refractivity contribution in [2.45, 2.75) is 91.9 Å². The molecule has 2 heterocycles. The molecule has 1 saturated heterocycles. The fourth-order valence-electron chi connectivity index (χ4n) is 4.96.